The molecule has 0 bridgehead atoms. The van der Waals surface area contributed by atoms with Crippen LogP contribution in [0, 0.1) is 0 Å². The van der Waals surface area contributed by atoms with Gasteiger partial charge >= 0.3 is 0 Å². The highest BCUT2D eigenvalue weighted by molar-refractivity contribution is 7.89. The van der Waals surface area contributed by atoms with Crippen LogP contribution in [0.15, 0.2) is 71.9 Å². The molecule has 0 amide bonds. The van der Waals surface area contributed by atoms with Crippen molar-refractivity contribution >= 4 is 33.4 Å². The minimum absolute atomic E-state index is 0.0112. The molecular weight excluding hydrogens is 480 g/mol. The Morgan fingerprint density at radius 2 is 1.89 bits per heavy atom. The van der Waals surface area contributed by atoms with Crippen LogP contribution in [-0.4, -0.2) is 52.3 Å². The zero-order valence-corrected chi connectivity index (χ0v) is 20.1. The Labute approximate surface area is 208 Å². The predicted octanol–water partition coefficient (Wildman–Crippen LogP) is 1.40. The van der Waals surface area contributed by atoms with E-state index in [1.165, 1.54) is 28.7 Å². The van der Waals surface area contributed by atoms with Crippen molar-refractivity contribution < 1.29 is 8.42 Å². The first-order valence-electron chi connectivity index (χ1n) is 11.3. The van der Waals surface area contributed by atoms with Crippen molar-refractivity contribution in [3.05, 3.63) is 72.6 Å². The SMILES string of the molecule is Nc1nc(Nc2ccc(S(N)(=O)=O)cc2)nn1-c1cc(N(Cc2ccccc2)C2CCNC2)ncn1. The van der Waals surface area contributed by atoms with Gasteiger partial charge in [0.2, 0.25) is 21.9 Å². The van der Waals surface area contributed by atoms with Crippen molar-refractivity contribution in [3.8, 4) is 5.82 Å². The molecule has 0 aliphatic carbocycles. The maximum atomic E-state index is 11.5. The topological polar surface area (TPSA) is 170 Å². The van der Waals surface area contributed by atoms with Gasteiger partial charge < -0.3 is 21.3 Å². The molecule has 2 aromatic carbocycles. The first-order chi connectivity index (χ1) is 17.4. The summed E-state index contributed by atoms with van der Waals surface area (Å²) >= 11 is 0. The van der Waals surface area contributed by atoms with Gasteiger partial charge in [0.25, 0.3) is 0 Å². The van der Waals surface area contributed by atoms with Crippen LogP contribution in [-0.2, 0) is 16.6 Å². The molecule has 13 heteroatoms. The molecule has 0 radical (unpaired) electrons. The van der Waals surface area contributed by atoms with E-state index < -0.39 is 10.0 Å². The summed E-state index contributed by atoms with van der Waals surface area (Å²) < 4.78 is 24.4. The Kier molecular flexibility index (Phi) is 6.50. The molecule has 1 unspecified atom stereocenters. The first-order valence-corrected chi connectivity index (χ1v) is 12.9. The molecule has 4 aromatic rings. The van der Waals surface area contributed by atoms with Gasteiger partial charge in [-0.25, -0.2) is 23.5 Å². The number of anilines is 4. The first kappa shape index (κ1) is 23.7. The third kappa shape index (κ3) is 5.27. The summed E-state index contributed by atoms with van der Waals surface area (Å²) in [7, 11) is -3.77. The molecular formula is C23H26N10O2S. The molecule has 36 heavy (non-hydrogen) atoms. The second-order valence-electron chi connectivity index (χ2n) is 8.39. The lowest BCUT2D eigenvalue weighted by Gasteiger charge is -2.30. The Bertz CT molecular complexity index is 1440. The summed E-state index contributed by atoms with van der Waals surface area (Å²) in [5, 5.41) is 16.0. The Hall–Kier alpha value is -4.07. The number of benzene rings is 2. The zero-order valence-electron chi connectivity index (χ0n) is 19.3. The van der Waals surface area contributed by atoms with Gasteiger partial charge in [0.15, 0.2) is 5.82 Å². The molecule has 186 valence electrons. The normalized spacial score (nSPS) is 15.6. The molecule has 1 aliphatic rings. The van der Waals surface area contributed by atoms with Crippen molar-refractivity contribution in [2.75, 3.05) is 29.0 Å². The van der Waals surface area contributed by atoms with E-state index in [2.05, 4.69) is 47.7 Å². The molecule has 6 N–H and O–H groups in total. The van der Waals surface area contributed by atoms with Crippen molar-refractivity contribution in [3.63, 3.8) is 0 Å². The molecule has 1 fully saturated rings. The number of primary sulfonamides is 1. The molecule has 1 saturated heterocycles. The molecule has 1 atom stereocenters. The summed E-state index contributed by atoms with van der Waals surface area (Å²) in [6.07, 6.45) is 2.50. The molecule has 12 nitrogen and oxygen atoms in total. The average molecular weight is 507 g/mol. The zero-order chi connectivity index (χ0) is 25.1. The Morgan fingerprint density at radius 3 is 2.58 bits per heavy atom. The second kappa shape index (κ2) is 9.89. The summed E-state index contributed by atoms with van der Waals surface area (Å²) in [4.78, 5) is 15.5. The number of hydrogen-bond acceptors (Lipinski definition) is 10. The van der Waals surface area contributed by atoms with Crippen molar-refractivity contribution in [2.24, 2.45) is 5.14 Å². The number of nitrogens with zero attached hydrogens (tertiary/aromatic N) is 6. The summed E-state index contributed by atoms with van der Waals surface area (Å²) in [6, 6.07) is 18.3. The van der Waals surface area contributed by atoms with E-state index in [1.807, 2.05) is 24.3 Å². The van der Waals surface area contributed by atoms with E-state index in [9.17, 15) is 8.42 Å². The number of hydrogen-bond donors (Lipinski definition) is 4. The number of nitrogens with two attached hydrogens (primary N) is 2. The van der Waals surface area contributed by atoms with E-state index in [4.69, 9.17) is 10.9 Å². The number of rotatable bonds is 8. The van der Waals surface area contributed by atoms with Gasteiger partial charge in [0.05, 0.1) is 4.90 Å². The third-order valence-electron chi connectivity index (χ3n) is 5.89. The van der Waals surface area contributed by atoms with E-state index in [0.29, 0.717) is 24.1 Å². The monoisotopic (exact) mass is 506 g/mol. The molecule has 2 aromatic heterocycles. The van der Waals surface area contributed by atoms with Crippen molar-refractivity contribution in [2.45, 2.75) is 23.9 Å². The third-order valence-corrected chi connectivity index (χ3v) is 6.82. The number of nitrogen functional groups attached to an aromatic ring is 1. The van der Waals surface area contributed by atoms with E-state index >= 15 is 0 Å². The van der Waals surface area contributed by atoms with Gasteiger partial charge in [-0.3, -0.25) is 0 Å². The predicted molar refractivity (Wildman–Crippen MR) is 136 cm³/mol. The largest absolute Gasteiger partial charge is 0.368 e. The quantitative estimate of drug-likeness (QED) is 0.274. The van der Waals surface area contributed by atoms with Gasteiger partial charge in [-0.2, -0.15) is 9.67 Å². The van der Waals surface area contributed by atoms with Crippen LogP contribution in [0.25, 0.3) is 5.82 Å². The van der Waals surface area contributed by atoms with Crippen LogP contribution >= 0.6 is 0 Å². The number of sulfonamides is 1. The average Bonchev–Trinajstić information content (AvgIpc) is 3.53. The van der Waals surface area contributed by atoms with Crippen LogP contribution in [0.5, 0.6) is 0 Å². The van der Waals surface area contributed by atoms with Gasteiger partial charge in [-0.05, 0) is 42.8 Å². The summed E-state index contributed by atoms with van der Waals surface area (Å²) in [6.45, 7) is 2.53. The lowest BCUT2D eigenvalue weighted by molar-refractivity contribution is 0.598. The fraction of sp³-hybridized carbons (Fsp3) is 0.217. The molecule has 0 saturated carbocycles. The maximum absolute atomic E-state index is 11.5. The van der Waals surface area contributed by atoms with Gasteiger partial charge in [-0.1, -0.05) is 30.3 Å². The fourth-order valence-corrected chi connectivity index (χ4v) is 4.61. The second-order valence-corrected chi connectivity index (χ2v) is 9.96. The number of aromatic nitrogens is 5. The highest BCUT2D eigenvalue weighted by Crippen LogP contribution is 2.24. The van der Waals surface area contributed by atoms with Crippen LogP contribution in [0.1, 0.15) is 12.0 Å². The number of nitrogens with one attached hydrogen (secondary N) is 2. The minimum atomic E-state index is -3.77. The van der Waals surface area contributed by atoms with Crippen LogP contribution in [0.4, 0.5) is 23.4 Å². The molecule has 3 heterocycles. The molecule has 5 rings (SSSR count). The highest BCUT2D eigenvalue weighted by atomic mass is 32.2. The standard InChI is InChI=1S/C23H26N10O2S/c24-22-30-23(29-17-6-8-19(9-7-17)36(25,34)35)31-33(22)21-12-20(27-15-28-21)32(18-10-11-26-13-18)14-16-4-2-1-3-5-16/h1-9,12,15,18,26H,10-11,13-14H2,(H2,25,34,35)(H3,24,29,30,31). The molecule has 0 spiro atoms. The van der Waals surface area contributed by atoms with Gasteiger partial charge in [0, 0.05) is 30.9 Å². The van der Waals surface area contributed by atoms with E-state index in [1.54, 1.807) is 12.1 Å². The van der Waals surface area contributed by atoms with Gasteiger partial charge in [-0.15, -0.1) is 5.10 Å². The molecule has 1 aliphatic heterocycles. The maximum Gasteiger partial charge on any atom is 0.248 e. The fourth-order valence-electron chi connectivity index (χ4n) is 4.10. The van der Waals surface area contributed by atoms with Crippen molar-refractivity contribution in [1.29, 1.82) is 0 Å². The summed E-state index contributed by atoms with van der Waals surface area (Å²) in [5.74, 6) is 1.62. The van der Waals surface area contributed by atoms with Crippen LogP contribution in [0.3, 0.4) is 0 Å². The Balaban J connectivity index is 1.40. The lowest BCUT2D eigenvalue weighted by atomic mass is 10.1. The van der Waals surface area contributed by atoms with E-state index in [-0.39, 0.29) is 16.8 Å². The Morgan fingerprint density at radius 1 is 1.11 bits per heavy atom. The van der Waals surface area contributed by atoms with Gasteiger partial charge in [0.1, 0.15) is 12.1 Å². The summed E-state index contributed by atoms with van der Waals surface area (Å²) in [5.41, 5.74) is 7.91. The highest BCUT2D eigenvalue weighted by Gasteiger charge is 2.24. The minimum Gasteiger partial charge on any atom is -0.368 e. The van der Waals surface area contributed by atoms with Crippen molar-refractivity contribution in [1.82, 2.24) is 30.0 Å². The van der Waals surface area contributed by atoms with E-state index in [0.717, 1.165) is 25.3 Å². The van der Waals surface area contributed by atoms with Crippen LogP contribution < -0.4 is 26.4 Å². The van der Waals surface area contributed by atoms with Crippen LogP contribution in [0.2, 0.25) is 0 Å². The lowest BCUT2D eigenvalue weighted by Crippen LogP contribution is -2.37. The smallest absolute Gasteiger partial charge is 0.248 e.